The molecule has 0 saturated heterocycles. The van der Waals surface area contributed by atoms with Crippen LogP contribution in [0.5, 0.6) is 5.75 Å². The van der Waals surface area contributed by atoms with Crippen LogP contribution in [0, 0.1) is 0 Å². The predicted molar refractivity (Wildman–Crippen MR) is 82.8 cm³/mol. The average molecular weight is 305 g/mol. The minimum Gasteiger partial charge on any atom is -0.490 e. The summed E-state index contributed by atoms with van der Waals surface area (Å²) in [6, 6.07) is 7.73. The number of ether oxygens (including phenoxy) is 1. The van der Waals surface area contributed by atoms with Crippen molar-refractivity contribution in [1.29, 1.82) is 0 Å². The van der Waals surface area contributed by atoms with Gasteiger partial charge in [-0.3, -0.25) is 4.79 Å². The fraction of sp³-hybridized carbons (Fsp3) is 0.375. The zero-order chi connectivity index (χ0) is 14.8. The first-order chi connectivity index (χ1) is 10.1. The number of rotatable bonds is 5. The molecular weight excluding hydrogens is 288 g/mol. The molecule has 2 aromatic rings. The van der Waals surface area contributed by atoms with Gasteiger partial charge in [0.1, 0.15) is 10.9 Å². The van der Waals surface area contributed by atoms with Crippen LogP contribution < -0.4 is 10.1 Å². The van der Waals surface area contributed by atoms with E-state index in [1.165, 1.54) is 6.92 Å². The van der Waals surface area contributed by atoms with Crippen molar-refractivity contribution in [2.45, 2.75) is 32.3 Å². The van der Waals surface area contributed by atoms with Gasteiger partial charge in [0.25, 0.3) is 0 Å². The van der Waals surface area contributed by atoms with Crippen LogP contribution in [0.4, 0.5) is 0 Å². The summed E-state index contributed by atoms with van der Waals surface area (Å²) in [5.74, 6) is 0.840. The highest BCUT2D eigenvalue weighted by Crippen LogP contribution is 2.30. The lowest BCUT2D eigenvalue weighted by atomic mass is 10.1. The number of pyridine rings is 1. The van der Waals surface area contributed by atoms with E-state index < -0.39 is 0 Å². The maximum atomic E-state index is 11.0. The molecule has 5 heteroatoms. The van der Waals surface area contributed by atoms with Gasteiger partial charge in [0.05, 0.1) is 11.6 Å². The molecular formula is C16H17ClN2O2. The lowest BCUT2D eigenvalue weighted by Gasteiger charge is -2.10. The van der Waals surface area contributed by atoms with Gasteiger partial charge in [0, 0.05) is 18.9 Å². The molecule has 1 fully saturated rings. The summed E-state index contributed by atoms with van der Waals surface area (Å²) < 4.78 is 5.83. The van der Waals surface area contributed by atoms with E-state index >= 15 is 0 Å². The molecule has 1 heterocycles. The molecule has 110 valence electrons. The first-order valence-electron chi connectivity index (χ1n) is 7.12. The second-order valence-corrected chi connectivity index (χ2v) is 5.72. The number of halogens is 1. The van der Waals surface area contributed by atoms with Gasteiger partial charge >= 0.3 is 0 Å². The molecule has 3 rings (SSSR count). The van der Waals surface area contributed by atoms with E-state index in [1.54, 1.807) is 0 Å². The van der Waals surface area contributed by atoms with Crippen molar-refractivity contribution >= 4 is 28.4 Å². The Labute approximate surface area is 128 Å². The van der Waals surface area contributed by atoms with Crippen molar-refractivity contribution in [2.75, 3.05) is 6.54 Å². The van der Waals surface area contributed by atoms with Gasteiger partial charge in [-0.05, 0) is 49.1 Å². The fourth-order valence-corrected chi connectivity index (χ4v) is 2.49. The topological polar surface area (TPSA) is 51.2 Å². The zero-order valence-electron chi connectivity index (χ0n) is 11.9. The number of aromatic nitrogens is 1. The van der Waals surface area contributed by atoms with Crippen molar-refractivity contribution in [3.8, 4) is 5.75 Å². The Hall–Kier alpha value is -1.81. The van der Waals surface area contributed by atoms with Crippen LogP contribution >= 0.6 is 11.6 Å². The third-order valence-electron chi connectivity index (χ3n) is 3.43. The van der Waals surface area contributed by atoms with Gasteiger partial charge in [-0.15, -0.1) is 0 Å². The number of hydrogen-bond acceptors (Lipinski definition) is 3. The van der Waals surface area contributed by atoms with E-state index in [4.69, 9.17) is 16.3 Å². The van der Waals surface area contributed by atoms with Crippen LogP contribution in [0.2, 0.25) is 5.15 Å². The van der Waals surface area contributed by atoms with Crippen LogP contribution in [0.25, 0.3) is 10.9 Å². The molecule has 1 aliphatic carbocycles. The Kier molecular flexibility index (Phi) is 3.97. The molecule has 0 atom stereocenters. The minimum absolute atomic E-state index is 0.0304. The lowest BCUT2D eigenvalue weighted by Crippen LogP contribution is -2.22. The summed E-state index contributed by atoms with van der Waals surface area (Å²) in [4.78, 5) is 15.3. The highest BCUT2D eigenvalue weighted by Gasteiger charge is 2.23. The molecule has 1 saturated carbocycles. The summed E-state index contributed by atoms with van der Waals surface area (Å²) in [6.45, 7) is 2.09. The normalized spacial score (nSPS) is 14.2. The summed E-state index contributed by atoms with van der Waals surface area (Å²) in [5.41, 5.74) is 1.92. The maximum Gasteiger partial charge on any atom is 0.216 e. The van der Waals surface area contributed by atoms with Crippen LogP contribution in [0.15, 0.2) is 24.3 Å². The largest absolute Gasteiger partial charge is 0.490 e. The van der Waals surface area contributed by atoms with Crippen molar-refractivity contribution in [3.05, 3.63) is 35.0 Å². The van der Waals surface area contributed by atoms with Crippen molar-refractivity contribution in [3.63, 3.8) is 0 Å². The van der Waals surface area contributed by atoms with Crippen molar-refractivity contribution < 1.29 is 9.53 Å². The second kappa shape index (κ2) is 5.90. The Balaban J connectivity index is 1.89. The van der Waals surface area contributed by atoms with Gasteiger partial charge in [0.15, 0.2) is 0 Å². The van der Waals surface area contributed by atoms with E-state index in [0.29, 0.717) is 24.2 Å². The SMILES string of the molecule is CC(=O)NCCc1cc(Cl)nc2ccc(OC3CC3)cc12. The van der Waals surface area contributed by atoms with Gasteiger partial charge in [0.2, 0.25) is 5.91 Å². The third kappa shape index (κ3) is 3.64. The summed E-state index contributed by atoms with van der Waals surface area (Å²) >= 11 is 6.07. The number of carbonyl (C=O) groups is 1. The quantitative estimate of drug-likeness (QED) is 0.864. The molecule has 1 aromatic heterocycles. The van der Waals surface area contributed by atoms with E-state index in [-0.39, 0.29) is 5.91 Å². The summed E-state index contributed by atoms with van der Waals surface area (Å²) in [5, 5.41) is 4.30. The molecule has 0 unspecified atom stereocenters. The number of benzene rings is 1. The van der Waals surface area contributed by atoms with Crippen molar-refractivity contribution in [1.82, 2.24) is 10.3 Å². The molecule has 1 N–H and O–H groups in total. The fourth-order valence-electron chi connectivity index (χ4n) is 2.27. The third-order valence-corrected chi connectivity index (χ3v) is 3.62. The smallest absolute Gasteiger partial charge is 0.216 e. The molecule has 0 aliphatic heterocycles. The standard InChI is InChI=1S/C16H17ClN2O2/c1-10(20)18-7-6-11-8-16(17)19-15-5-4-13(9-14(11)15)21-12-2-3-12/h4-5,8-9,12H,2-3,6-7H2,1H3,(H,18,20). The number of fused-ring (bicyclic) bond motifs is 1. The zero-order valence-corrected chi connectivity index (χ0v) is 12.6. The molecule has 1 amide bonds. The lowest BCUT2D eigenvalue weighted by molar-refractivity contribution is -0.118. The first-order valence-corrected chi connectivity index (χ1v) is 7.50. The molecule has 1 aromatic carbocycles. The minimum atomic E-state index is -0.0304. The van der Waals surface area contributed by atoms with E-state index in [1.807, 2.05) is 24.3 Å². The second-order valence-electron chi connectivity index (χ2n) is 5.33. The van der Waals surface area contributed by atoms with Gasteiger partial charge in [-0.2, -0.15) is 0 Å². The van der Waals surface area contributed by atoms with E-state index in [2.05, 4.69) is 10.3 Å². The number of carbonyl (C=O) groups excluding carboxylic acids is 1. The number of hydrogen-bond donors (Lipinski definition) is 1. The number of nitrogens with zero attached hydrogens (tertiary/aromatic N) is 1. The highest BCUT2D eigenvalue weighted by molar-refractivity contribution is 6.29. The van der Waals surface area contributed by atoms with Gasteiger partial charge in [-0.25, -0.2) is 4.98 Å². The Morgan fingerprint density at radius 3 is 2.95 bits per heavy atom. The van der Waals surface area contributed by atoms with Crippen LogP contribution in [0.1, 0.15) is 25.3 Å². The van der Waals surface area contributed by atoms with Crippen LogP contribution in [-0.2, 0) is 11.2 Å². The van der Waals surface area contributed by atoms with E-state index in [9.17, 15) is 4.79 Å². The predicted octanol–water partition coefficient (Wildman–Crippen LogP) is 3.11. The molecule has 0 radical (unpaired) electrons. The number of amides is 1. The van der Waals surface area contributed by atoms with Gasteiger partial charge in [-0.1, -0.05) is 11.6 Å². The van der Waals surface area contributed by atoms with E-state index in [0.717, 1.165) is 35.1 Å². The molecule has 21 heavy (non-hydrogen) atoms. The van der Waals surface area contributed by atoms with Crippen molar-refractivity contribution in [2.24, 2.45) is 0 Å². The Bertz CT molecular complexity index is 683. The van der Waals surface area contributed by atoms with Crippen LogP contribution in [-0.4, -0.2) is 23.5 Å². The Morgan fingerprint density at radius 2 is 2.24 bits per heavy atom. The molecule has 4 nitrogen and oxygen atoms in total. The van der Waals surface area contributed by atoms with Gasteiger partial charge < -0.3 is 10.1 Å². The summed E-state index contributed by atoms with van der Waals surface area (Å²) in [7, 11) is 0. The number of nitrogens with one attached hydrogen (secondary N) is 1. The molecule has 0 spiro atoms. The Morgan fingerprint density at radius 1 is 1.43 bits per heavy atom. The average Bonchev–Trinajstić information content (AvgIpc) is 3.23. The monoisotopic (exact) mass is 304 g/mol. The maximum absolute atomic E-state index is 11.0. The molecule has 0 bridgehead atoms. The van der Waals surface area contributed by atoms with Crippen LogP contribution in [0.3, 0.4) is 0 Å². The first kappa shape index (κ1) is 14.1. The highest BCUT2D eigenvalue weighted by atomic mass is 35.5. The molecule has 1 aliphatic rings. The summed E-state index contributed by atoms with van der Waals surface area (Å²) in [6.07, 6.45) is 3.34.